The lowest BCUT2D eigenvalue weighted by molar-refractivity contribution is -0.178. The molecule has 0 radical (unpaired) electrons. The van der Waals surface area contributed by atoms with Crippen LogP contribution >= 0.6 is 0 Å². The normalized spacial score (nSPS) is 40.8. The summed E-state index contributed by atoms with van der Waals surface area (Å²) >= 11 is 0. The van der Waals surface area contributed by atoms with E-state index >= 15 is 0 Å². The molecule has 1 N–H and O–H groups in total. The van der Waals surface area contributed by atoms with Gasteiger partial charge in [0.05, 0.1) is 6.10 Å². The van der Waals surface area contributed by atoms with Gasteiger partial charge in [0.25, 0.3) is 0 Å². The number of nitrogens with zero attached hydrogens (tertiary/aromatic N) is 1. The molecule has 4 atom stereocenters. The van der Waals surface area contributed by atoms with Crippen molar-refractivity contribution >= 4 is 0 Å². The zero-order valence-corrected chi connectivity index (χ0v) is 16.2. The molecule has 2 fully saturated rings. The van der Waals surface area contributed by atoms with E-state index in [9.17, 15) is 5.11 Å². The fraction of sp³-hybridized carbons (Fsp3) is 0.727. The summed E-state index contributed by atoms with van der Waals surface area (Å²) in [5.41, 5.74) is 6.25. The van der Waals surface area contributed by atoms with Crippen LogP contribution in [-0.4, -0.2) is 35.7 Å². The van der Waals surface area contributed by atoms with Gasteiger partial charge in [-0.05, 0) is 80.8 Å². The second-order valence-electron chi connectivity index (χ2n) is 9.59. The number of hydrogen-bond acceptors (Lipinski definition) is 2. The van der Waals surface area contributed by atoms with E-state index in [1.807, 2.05) is 0 Å². The number of aliphatic hydroxyl groups excluding tert-OH is 1. The molecule has 1 aromatic rings. The Bertz CT molecular complexity index is 693. The van der Waals surface area contributed by atoms with Crippen LogP contribution in [0.5, 0.6) is 0 Å². The number of rotatable bonds is 0. The van der Waals surface area contributed by atoms with Crippen molar-refractivity contribution in [3.05, 3.63) is 34.4 Å². The first-order valence-electron chi connectivity index (χ1n) is 9.65. The van der Waals surface area contributed by atoms with E-state index in [1.165, 1.54) is 16.7 Å². The molecular formula is C22H33NO. The molecule has 24 heavy (non-hydrogen) atoms. The van der Waals surface area contributed by atoms with Gasteiger partial charge in [-0.25, -0.2) is 0 Å². The largest absolute Gasteiger partial charge is 0.393 e. The van der Waals surface area contributed by atoms with Crippen molar-refractivity contribution in [2.24, 2.45) is 10.8 Å². The predicted molar refractivity (Wildman–Crippen MR) is 99.5 cm³/mol. The second-order valence-corrected chi connectivity index (χ2v) is 9.59. The van der Waals surface area contributed by atoms with Crippen molar-refractivity contribution in [1.29, 1.82) is 0 Å². The monoisotopic (exact) mass is 327 g/mol. The van der Waals surface area contributed by atoms with Gasteiger partial charge in [-0.3, -0.25) is 0 Å². The first kappa shape index (κ1) is 16.6. The zero-order chi connectivity index (χ0) is 17.5. The number of aliphatic hydroxyl groups is 1. The Balaban J connectivity index is 2.10. The summed E-state index contributed by atoms with van der Waals surface area (Å²) in [5.74, 6) is 0. The van der Waals surface area contributed by atoms with Gasteiger partial charge in [0.2, 0.25) is 0 Å². The van der Waals surface area contributed by atoms with Crippen molar-refractivity contribution in [2.45, 2.75) is 77.9 Å². The van der Waals surface area contributed by atoms with Crippen molar-refractivity contribution < 1.29 is 5.11 Å². The van der Waals surface area contributed by atoms with E-state index in [0.717, 1.165) is 32.2 Å². The summed E-state index contributed by atoms with van der Waals surface area (Å²) in [6, 6.07) is 5.27. The maximum atomic E-state index is 11.0. The van der Waals surface area contributed by atoms with Crippen molar-refractivity contribution in [3.63, 3.8) is 0 Å². The summed E-state index contributed by atoms with van der Waals surface area (Å²) < 4.78 is 0. The van der Waals surface area contributed by atoms with Crippen LogP contribution in [0.15, 0.2) is 12.1 Å². The molecule has 1 unspecified atom stereocenters. The van der Waals surface area contributed by atoms with E-state index in [4.69, 9.17) is 0 Å². The van der Waals surface area contributed by atoms with Gasteiger partial charge in [0.1, 0.15) is 0 Å². The lowest BCUT2D eigenvalue weighted by Gasteiger charge is -2.71. The van der Waals surface area contributed by atoms with Crippen LogP contribution in [0, 0.1) is 24.7 Å². The molecule has 3 aliphatic rings. The SMILES string of the molecule is Cc1ccc2c(c1C)[C@]13CCN(C)[C@H](C2)C1(C)CC[C@@H](O)C3(C)C. The molecule has 1 aromatic carbocycles. The van der Waals surface area contributed by atoms with Gasteiger partial charge < -0.3 is 10.0 Å². The first-order chi connectivity index (χ1) is 11.2. The van der Waals surface area contributed by atoms with Crippen LogP contribution in [0.1, 0.15) is 62.3 Å². The van der Waals surface area contributed by atoms with Crippen LogP contribution in [0.25, 0.3) is 0 Å². The van der Waals surface area contributed by atoms with Crippen LogP contribution < -0.4 is 0 Å². The van der Waals surface area contributed by atoms with Gasteiger partial charge in [-0.2, -0.15) is 0 Å². The third-order valence-electron chi connectivity index (χ3n) is 8.61. The van der Waals surface area contributed by atoms with Crippen molar-refractivity contribution in [3.8, 4) is 0 Å². The predicted octanol–water partition coefficient (Wildman–Crippen LogP) is 3.99. The Morgan fingerprint density at radius 1 is 1.12 bits per heavy atom. The minimum Gasteiger partial charge on any atom is -0.393 e. The minimum absolute atomic E-state index is 0.0819. The highest BCUT2D eigenvalue weighted by molar-refractivity contribution is 5.52. The van der Waals surface area contributed by atoms with Crippen LogP contribution in [0.3, 0.4) is 0 Å². The number of likely N-dealkylation sites (N-methyl/N-ethyl adjacent to an activating group) is 1. The van der Waals surface area contributed by atoms with Crippen molar-refractivity contribution in [1.82, 2.24) is 4.90 Å². The molecular weight excluding hydrogens is 294 g/mol. The fourth-order valence-electron chi connectivity index (χ4n) is 7.03. The highest BCUT2D eigenvalue weighted by atomic mass is 16.3. The Morgan fingerprint density at radius 2 is 1.83 bits per heavy atom. The second kappa shape index (κ2) is 4.86. The topological polar surface area (TPSA) is 23.5 Å². The van der Waals surface area contributed by atoms with Gasteiger partial charge in [-0.15, -0.1) is 0 Å². The lowest BCUT2D eigenvalue weighted by Crippen LogP contribution is -2.73. The number of hydrogen-bond donors (Lipinski definition) is 1. The van der Waals surface area contributed by atoms with Crippen LogP contribution in [0.2, 0.25) is 0 Å². The molecule has 0 aromatic heterocycles. The third-order valence-corrected chi connectivity index (χ3v) is 8.61. The van der Waals surface area contributed by atoms with Gasteiger partial charge in [0, 0.05) is 16.9 Å². The van der Waals surface area contributed by atoms with E-state index in [0.29, 0.717) is 6.04 Å². The molecule has 1 heterocycles. The zero-order valence-electron chi connectivity index (χ0n) is 16.2. The Kier molecular flexibility index (Phi) is 3.36. The highest BCUT2D eigenvalue weighted by Gasteiger charge is 2.69. The number of fused-ring (bicyclic) bond motifs is 1. The molecule has 2 bridgehead atoms. The molecule has 132 valence electrons. The van der Waals surface area contributed by atoms with E-state index in [2.05, 4.69) is 58.7 Å². The van der Waals surface area contributed by atoms with Gasteiger partial charge in [-0.1, -0.05) is 32.9 Å². The smallest absolute Gasteiger partial charge is 0.0600 e. The van der Waals surface area contributed by atoms with Gasteiger partial charge >= 0.3 is 0 Å². The molecule has 4 rings (SSSR count). The molecule has 2 heteroatoms. The molecule has 1 aliphatic heterocycles. The molecule has 2 nitrogen and oxygen atoms in total. The number of benzene rings is 1. The highest BCUT2D eigenvalue weighted by Crippen LogP contribution is 2.69. The van der Waals surface area contributed by atoms with Gasteiger partial charge in [0.15, 0.2) is 0 Å². The summed E-state index contributed by atoms with van der Waals surface area (Å²) in [5, 5.41) is 11.0. The summed E-state index contributed by atoms with van der Waals surface area (Å²) in [4.78, 5) is 2.60. The standard InChI is InChI=1S/C22H33NO/c1-14-7-8-16-13-17-21(5)10-9-18(24)20(3,4)22(21,11-12-23(17)6)19(16)15(14)2/h7-8,17-18,24H,9-13H2,1-6H3/t17-,18-,21?,22+/m1/s1. The minimum atomic E-state index is -0.208. The lowest BCUT2D eigenvalue weighted by atomic mass is 9.36. The maximum absolute atomic E-state index is 11.0. The third kappa shape index (κ3) is 1.65. The molecule has 0 amide bonds. The van der Waals surface area contributed by atoms with E-state index < -0.39 is 0 Å². The number of aryl methyl sites for hydroxylation is 1. The summed E-state index contributed by atoms with van der Waals surface area (Å²) in [7, 11) is 2.31. The fourth-order valence-corrected chi connectivity index (χ4v) is 7.03. The average Bonchev–Trinajstić information content (AvgIpc) is 2.51. The summed E-state index contributed by atoms with van der Waals surface area (Å²) in [6.45, 7) is 12.9. The Labute approximate surface area is 147 Å². The quantitative estimate of drug-likeness (QED) is 0.779. The first-order valence-corrected chi connectivity index (χ1v) is 9.65. The molecule has 0 spiro atoms. The molecule has 1 saturated heterocycles. The van der Waals surface area contributed by atoms with Crippen LogP contribution in [-0.2, 0) is 11.8 Å². The number of likely N-dealkylation sites (tertiary alicyclic amines) is 1. The van der Waals surface area contributed by atoms with E-state index in [-0.39, 0.29) is 22.3 Å². The average molecular weight is 328 g/mol. The summed E-state index contributed by atoms with van der Waals surface area (Å²) in [6.07, 6.45) is 4.20. The molecule has 2 aliphatic carbocycles. The van der Waals surface area contributed by atoms with E-state index in [1.54, 1.807) is 5.56 Å². The van der Waals surface area contributed by atoms with Crippen LogP contribution in [0.4, 0.5) is 0 Å². The van der Waals surface area contributed by atoms with Crippen molar-refractivity contribution in [2.75, 3.05) is 13.6 Å². The Morgan fingerprint density at radius 3 is 2.54 bits per heavy atom. The molecule has 1 saturated carbocycles. The Hall–Kier alpha value is -0.860. The maximum Gasteiger partial charge on any atom is 0.0600 e. The number of piperidine rings is 1.